The lowest BCUT2D eigenvalue weighted by Gasteiger charge is -2.23. The number of nitrogens with zero attached hydrogens (tertiary/aromatic N) is 2. The van der Waals surface area contributed by atoms with Gasteiger partial charge in [0.05, 0.1) is 5.56 Å². The summed E-state index contributed by atoms with van der Waals surface area (Å²) in [4.78, 5) is 2.14. The van der Waals surface area contributed by atoms with Crippen LogP contribution >= 0.6 is 0 Å². The lowest BCUT2D eigenvalue weighted by atomic mass is 10.1. The van der Waals surface area contributed by atoms with E-state index in [-0.39, 0.29) is 0 Å². The van der Waals surface area contributed by atoms with Gasteiger partial charge in [-0.1, -0.05) is 18.2 Å². The Morgan fingerprint density at radius 2 is 1.83 bits per heavy atom. The van der Waals surface area contributed by atoms with Gasteiger partial charge in [-0.25, -0.2) is 0 Å². The molecule has 2 aromatic carbocycles. The maximum Gasteiger partial charge on any atom is 0.101 e. The second-order valence-electron chi connectivity index (χ2n) is 3.96. The minimum atomic E-state index is 0.516. The van der Waals surface area contributed by atoms with Crippen molar-refractivity contribution in [3.8, 4) is 6.07 Å². The van der Waals surface area contributed by atoms with Gasteiger partial charge in [-0.15, -0.1) is 0 Å². The third-order valence-electron chi connectivity index (χ3n) is 2.85. The van der Waals surface area contributed by atoms with Crippen LogP contribution in [-0.2, 0) is 0 Å². The molecule has 3 nitrogen and oxygen atoms in total. The van der Waals surface area contributed by atoms with Crippen LogP contribution in [0.3, 0.4) is 0 Å². The molecule has 0 radical (unpaired) electrons. The molecule has 0 unspecified atom stereocenters. The molecule has 0 heterocycles. The Bertz CT molecular complexity index is 570. The van der Waals surface area contributed by atoms with Gasteiger partial charge in [-0.05, 0) is 37.3 Å². The largest absolute Gasteiger partial charge is 0.398 e. The lowest BCUT2D eigenvalue weighted by Crippen LogP contribution is -2.16. The van der Waals surface area contributed by atoms with Gasteiger partial charge >= 0.3 is 0 Å². The van der Waals surface area contributed by atoms with E-state index in [1.165, 1.54) is 0 Å². The summed E-state index contributed by atoms with van der Waals surface area (Å²) in [5.74, 6) is 0. The van der Waals surface area contributed by atoms with Crippen LogP contribution in [0.1, 0.15) is 12.5 Å². The van der Waals surface area contributed by atoms with Crippen molar-refractivity contribution >= 4 is 17.1 Å². The molecule has 0 saturated carbocycles. The van der Waals surface area contributed by atoms with Crippen molar-refractivity contribution in [1.29, 1.82) is 5.26 Å². The second kappa shape index (κ2) is 5.24. The monoisotopic (exact) mass is 237 g/mol. The average molecular weight is 237 g/mol. The smallest absolute Gasteiger partial charge is 0.101 e. The van der Waals surface area contributed by atoms with Gasteiger partial charge in [-0.3, -0.25) is 0 Å². The van der Waals surface area contributed by atoms with Crippen LogP contribution in [0.4, 0.5) is 17.1 Å². The molecule has 90 valence electrons. The number of hydrogen-bond donors (Lipinski definition) is 1. The number of rotatable bonds is 3. The predicted molar refractivity (Wildman–Crippen MR) is 74.7 cm³/mol. The van der Waals surface area contributed by atoms with Gasteiger partial charge in [-0.2, -0.15) is 5.26 Å². The molecule has 0 aliphatic heterocycles. The molecular formula is C15H15N3. The van der Waals surface area contributed by atoms with Crippen molar-refractivity contribution in [2.75, 3.05) is 17.2 Å². The average Bonchev–Trinajstić information content (AvgIpc) is 2.42. The Morgan fingerprint density at radius 1 is 1.11 bits per heavy atom. The zero-order valence-corrected chi connectivity index (χ0v) is 10.3. The van der Waals surface area contributed by atoms with Crippen LogP contribution in [0.25, 0.3) is 0 Å². The van der Waals surface area contributed by atoms with Gasteiger partial charge in [0.25, 0.3) is 0 Å². The van der Waals surface area contributed by atoms with Crippen molar-refractivity contribution in [2.24, 2.45) is 0 Å². The van der Waals surface area contributed by atoms with Crippen LogP contribution in [0.5, 0.6) is 0 Å². The highest BCUT2D eigenvalue weighted by Gasteiger charge is 2.08. The molecule has 0 bridgehead atoms. The SMILES string of the molecule is CCN(c1ccccc1)c1ccc(N)c(C#N)c1. The molecule has 2 rings (SSSR count). The zero-order chi connectivity index (χ0) is 13.0. The summed E-state index contributed by atoms with van der Waals surface area (Å²) in [6.07, 6.45) is 0. The van der Waals surface area contributed by atoms with Gasteiger partial charge < -0.3 is 10.6 Å². The van der Waals surface area contributed by atoms with E-state index in [0.29, 0.717) is 11.3 Å². The maximum absolute atomic E-state index is 9.02. The summed E-state index contributed by atoms with van der Waals surface area (Å²) < 4.78 is 0. The molecule has 0 spiro atoms. The molecule has 0 fully saturated rings. The highest BCUT2D eigenvalue weighted by molar-refractivity contribution is 5.68. The standard InChI is InChI=1S/C15H15N3/c1-2-18(13-6-4-3-5-7-13)14-8-9-15(17)12(10-14)11-16/h3-10H,2,17H2,1H3. The van der Waals surface area contributed by atoms with Crippen molar-refractivity contribution in [1.82, 2.24) is 0 Å². The van der Waals surface area contributed by atoms with E-state index in [4.69, 9.17) is 11.0 Å². The highest BCUT2D eigenvalue weighted by atomic mass is 15.1. The van der Waals surface area contributed by atoms with Crippen molar-refractivity contribution < 1.29 is 0 Å². The molecule has 0 aromatic heterocycles. The predicted octanol–water partition coefficient (Wildman–Crippen LogP) is 3.30. The summed E-state index contributed by atoms with van der Waals surface area (Å²) in [5.41, 5.74) is 8.86. The van der Waals surface area contributed by atoms with E-state index >= 15 is 0 Å². The fraction of sp³-hybridized carbons (Fsp3) is 0.133. The van der Waals surface area contributed by atoms with Crippen molar-refractivity contribution in [3.05, 3.63) is 54.1 Å². The number of benzene rings is 2. The third-order valence-corrected chi connectivity index (χ3v) is 2.85. The minimum Gasteiger partial charge on any atom is -0.398 e. The quantitative estimate of drug-likeness (QED) is 0.833. The Hall–Kier alpha value is -2.47. The minimum absolute atomic E-state index is 0.516. The van der Waals surface area contributed by atoms with Crippen molar-refractivity contribution in [2.45, 2.75) is 6.92 Å². The molecule has 0 aliphatic rings. The molecule has 18 heavy (non-hydrogen) atoms. The summed E-state index contributed by atoms with van der Waals surface area (Å²) in [6.45, 7) is 2.91. The first-order chi connectivity index (χ1) is 8.76. The topological polar surface area (TPSA) is 53.0 Å². The van der Waals surface area contributed by atoms with Gasteiger partial charge in [0.15, 0.2) is 0 Å². The molecule has 3 heteroatoms. The van der Waals surface area contributed by atoms with E-state index in [0.717, 1.165) is 17.9 Å². The molecular weight excluding hydrogens is 222 g/mol. The Kier molecular flexibility index (Phi) is 3.49. The number of nitriles is 1. The van der Waals surface area contributed by atoms with Crippen LogP contribution in [0.2, 0.25) is 0 Å². The van der Waals surface area contributed by atoms with E-state index in [2.05, 4.69) is 17.9 Å². The summed E-state index contributed by atoms with van der Waals surface area (Å²) in [7, 11) is 0. The molecule has 0 amide bonds. The van der Waals surface area contributed by atoms with E-state index in [9.17, 15) is 0 Å². The molecule has 0 aliphatic carbocycles. The van der Waals surface area contributed by atoms with Crippen LogP contribution in [0, 0.1) is 11.3 Å². The Balaban J connectivity index is 2.43. The number of para-hydroxylation sites is 1. The van der Waals surface area contributed by atoms with Gasteiger partial charge in [0.1, 0.15) is 6.07 Å². The summed E-state index contributed by atoms with van der Waals surface area (Å²) >= 11 is 0. The van der Waals surface area contributed by atoms with Gasteiger partial charge in [0.2, 0.25) is 0 Å². The number of nitrogen functional groups attached to an aromatic ring is 1. The highest BCUT2D eigenvalue weighted by Crippen LogP contribution is 2.27. The van der Waals surface area contributed by atoms with Crippen LogP contribution in [-0.4, -0.2) is 6.54 Å². The summed E-state index contributed by atoms with van der Waals surface area (Å²) in [6, 6.07) is 17.7. The number of anilines is 3. The maximum atomic E-state index is 9.02. The number of hydrogen-bond acceptors (Lipinski definition) is 3. The fourth-order valence-electron chi connectivity index (χ4n) is 1.93. The number of nitrogens with two attached hydrogens (primary N) is 1. The molecule has 0 saturated heterocycles. The zero-order valence-electron chi connectivity index (χ0n) is 10.3. The van der Waals surface area contributed by atoms with E-state index in [1.807, 2.05) is 42.5 Å². The fourth-order valence-corrected chi connectivity index (χ4v) is 1.93. The van der Waals surface area contributed by atoms with E-state index in [1.54, 1.807) is 6.07 Å². The summed E-state index contributed by atoms with van der Waals surface area (Å²) in [5, 5.41) is 9.02. The Morgan fingerprint density at radius 3 is 2.44 bits per heavy atom. The lowest BCUT2D eigenvalue weighted by molar-refractivity contribution is 1.02. The molecule has 0 atom stereocenters. The second-order valence-corrected chi connectivity index (χ2v) is 3.96. The first-order valence-corrected chi connectivity index (χ1v) is 5.88. The normalized spacial score (nSPS) is 9.78. The van der Waals surface area contributed by atoms with Crippen LogP contribution < -0.4 is 10.6 Å². The van der Waals surface area contributed by atoms with E-state index < -0.39 is 0 Å². The first-order valence-electron chi connectivity index (χ1n) is 5.88. The third kappa shape index (κ3) is 2.28. The van der Waals surface area contributed by atoms with Gasteiger partial charge in [0, 0.05) is 23.6 Å². The first kappa shape index (κ1) is 12.0. The van der Waals surface area contributed by atoms with Crippen LogP contribution in [0.15, 0.2) is 48.5 Å². The molecule has 2 N–H and O–H groups in total. The Labute approximate surface area is 107 Å². The van der Waals surface area contributed by atoms with Crippen molar-refractivity contribution in [3.63, 3.8) is 0 Å². The molecule has 2 aromatic rings.